The lowest BCUT2D eigenvalue weighted by molar-refractivity contribution is 0.0711. The molecule has 1 aliphatic heterocycles. The molecule has 0 aliphatic carbocycles. The van der Waals surface area contributed by atoms with Crippen LogP contribution >= 0.6 is 11.6 Å². The first kappa shape index (κ1) is 13.7. The van der Waals surface area contributed by atoms with E-state index in [1.54, 1.807) is 0 Å². The number of aryl methyl sites for hydroxylation is 2. The Morgan fingerprint density at radius 2 is 2.00 bits per heavy atom. The van der Waals surface area contributed by atoms with Gasteiger partial charge in [-0.3, -0.25) is 0 Å². The van der Waals surface area contributed by atoms with Gasteiger partial charge in [0.1, 0.15) is 0 Å². The third-order valence-electron chi connectivity index (χ3n) is 4.04. The number of aliphatic hydroxyl groups is 1. The molecular formula is C15H22ClNO. The van der Waals surface area contributed by atoms with Crippen molar-refractivity contribution in [2.45, 2.75) is 52.2 Å². The summed E-state index contributed by atoms with van der Waals surface area (Å²) in [7, 11) is 0. The number of benzene rings is 1. The van der Waals surface area contributed by atoms with Crippen molar-refractivity contribution >= 4 is 17.3 Å². The SMILES string of the molecule is Cc1cc(C)c(N2CCCC(O)C2(C)C)c(Cl)c1. The number of piperidine rings is 1. The summed E-state index contributed by atoms with van der Waals surface area (Å²) in [4.78, 5) is 2.26. The molecule has 0 saturated carbocycles. The molecule has 1 saturated heterocycles. The summed E-state index contributed by atoms with van der Waals surface area (Å²) < 4.78 is 0. The standard InChI is InChI=1S/C15H22ClNO/c1-10-8-11(2)14(12(16)9-10)17-7-5-6-13(18)15(17,3)4/h8-9,13,18H,5-7H2,1-4H3. The van der Waals surface area contributed by atoms with Gasteiger partial charge < -0.3 is 10.0 Å². The van der Waals surface area contributed by atoms with Crippen molar-refractivity contribution in [2.24, 2.45) is 0 Å². The fourth-order valence-electron chi connectivity index (χ4n) is 2.91. The molecule has 0 spiro atoms. The van der Waals surface area contributed by atoms with Gasteiger partial charge in [0.15, 0.2) is 0 Å². The summed E-state index contributed by atoms with van der Waals surface area (Å²) >= 11 is 6.42. The maximum Gasteiger partial charge on any atom is 0.0767 e. The van der Waals surface area contributed by atoms with Crippen molar-refractivity contribution < 1.29 is 5.11 Å². The van der Waals surface area contributed by atoms with Gasteiger partial charge in [-0.15, -0.1) is 0 Å². The van der Waals surface area contributed by atoms with Crippen LogP contribution in [-0.2, 0) is 0 Å². The zero-order valence-electron chi connectivity index (χ0n) is 11.6. The highest BCUT2D eigenvalue weighted by Gasteiger charge is 2.38. The van der Waals surface area contributed by atoms with Gasteiger partial charge in [-0.25, -0.2) is 0 Å². The summed E-state index contributed by atoms with van der Waals surface area (Å²) in [5, 5.41) is 11.0. The van der Waals surface area contributed by atoms with E-state index in [0.29, 0.717) is 0 Å². The second-order valence-electron chi connectivity index (χ2n) is 5.88. The zero-order chi connectivity index (χ0) is 13.5. The Morgan fingerprint density at radius 3 is 2.61 bits per heavy atom. The van der Waals surface area contributed by atoms with Gasteiger partial charge >= 0.3 is 0 Å². The highest BCUT2D eigenvalue weighted by Crippen LogP contribution is 2.39. The molecule has 1 unspecified atom stereocenters. The van der Waals surface area contributed by atoms with Crippen LogP contribution in [0.2, 0.25) is 5.02 Å². The van der Waals surface area contributed by atoms with Gasteiger partial charge in [-0.2, -0.15) is 0 Å². The van der Waals surface area contributed by atoms with E-state index in [2.05, 4.69) is 38.7 Å². The van der Waals surface area contributed by atoms with E-state index in [9.17, 15) is 5.11 Å². The molecule has 0 amide bonds. The summed E-state index contributed by atoms with van der Waals surface area (Å²) in [5.74, 6) is 0. The summed E-state index contributed by atoms with van der Waals surface area (Å²) in [6, 6.07) is 4.15. The Balaban J connectivity index is 2.48. The molecule has 0 aromatic heterocycles. The van der Waals surface area contributed by atoms with Crippen LogP contribution in [0.5, 0.6) is 0 Å². The van der Waals surface area contributed by atoms with E-state index in [-0.39, 0.29) is 11.6 Å². The molecule has 1 atom stereocenters. The predicted octanol–water partition coefficient (Wildman–Crippen LogP) is 3.70. The van der Waals surface area contributed by atoms with E-state index in [1.165, 1.54) is 11.1 Å². The fourth-order valence-corrected chi connectivity index (χ4v) is 3.34. The first-order valence-electron chi connectivity index (χ1n) is 6.56. The van der Waals surface area contributed by atoms with Crippen molar-refractivity contribution in [3.8, 4) is 0 Å². The van der Waals surface area contributed by atoms with Crippen LogP contribution in [0.15, 0.2) is 12.1 Å². The van der Waals surface area contributed by atoms with Crippen LogP contribution in [0.4, 0.5) is 5.69 Å². The summed E-state index contributed by atoms with van der Waals surface area (Å²) in [5.41, 5.74) is 3.17. The van der Waals surface area contributed by atoms with E-state index in [0.717, 1.165) is 30.1 Å². The molecule has 0 bridgehead atoms. The van der Waals surface area contributed by atoms with E-state index in [4.69, 9.17) is 11.6 Å². The van der Waals surface area contributed by atoms with Crippen molar-refractivity contribution in [2.75, 3.05) is 11.4 Å². The van der Waals surface area contributed by atoms with Crippen molar-refractivity contribution in [1.82, 2.24) is 0 Å². The van der Waals surface area contributed by atoms with Gasteiger partial charge in [0, 0.05) is 6.54 Å². The van der Waals surface area contributed by atoms with Crippen LogP contribution in [0.1, 0.15) is 37.8 Å². The number of rotatable bonds is 1. The van der Waals surface area contributed by atoms with Gasteiger partial charge in [0.25, 0.3) is 0 Å². The Labute approximate surface area is 115 Å². The van der Waals surface area contributed by atoms with Gasteiger partial charge in [0.05, 0.1) is 22.4 Å². The molecule has 1 aromatic rings. The highest BCUT2D eigenvalue weighted by atomic mass is 35.5. The summed E-state index contributed by atoms with van der Waals surface area (Å²) in [6.07, 6.45) is 1.57. The maximum absolute atomic E-state index is 10.2. The third kappa shape index (κ3) is 2.24. The molecule has 1 aromatic carbocycles. The van der Waals surface area contributed by atoms with E-state index < -0.39 is 0 Å². The fraction of sp³-hybridized carbons (Fsp3) is 0.600. The average Bonchev–Trinajstić information content (AvgIpc) is 2.23. The summed E-state index contributed by atoms with van der Waals surface area (Å²) in [6.45, 7) is 9.27. The lowest BCUT2D eigenvalue weighted by Crippen LogP contribution is -2.56. The van der Waals surface area contributed by atoms with Crippen LogP contribution in [0.25, 0.3) is 0 Å². The molecule has 0 radical (unpaired) electrons. The van der Waals surface area contributed by atoms with Crippen LogP contribution < -0.4 is 4.90 Å². The minimum atomic E-state index is -0.303. The molecule has 1 aliphatic rings. The molecule has 2 rings (SSSR count). The van der Waals surface area contributed by atoms with E-state index in [1.807, 2.05) is 6.07 Å². The number of anilines is 1. The highest BCUT2D eigenvalue weighted by molar-refractivity contribution is 6.33. The Morgan fingerprint density at radius 1 is 1.33 bits per heavy atom. The number of hydrogen-bond donors (Lipinski definition) is 1. The molecule has 100 valence electrons. The monoisotopic (exact) mass is 267 g/mol. The van der Waals surface area contributed by atoms with Gasteiger partial charge in [-0.05, 0) is 57.7 Å². The smallest absolute Gasteiger partial charge is 0.0767 e. The second-order valence-corrected chi connectivity index (χ2v) is 6.28. The molecule has 1 heterocycles. The van der Waals surface area contributed by atoms with Crippen molar-refractivity contribution in [1.29, 1.82) is 0 Å². The normalized spacial score (nSPS) is 23.2. The number of aliphatic hydroxyl groups excluding tert-OH is 1. The lowest BCUT2D eigenvalue weighted by atomic mass is 9.86. The number of nitrogens with zero attached hydrogens (tertiary/aromatic N) is 1. The molecule has 2 nitrogen and oxygen atoms in total. The minimum absolute atomic E-state index is 0.262. The molecule has 3 heteroatoms. The van der Waals surface area contributed by atoms with Crippen LogP contribution in [0.3, 0.4) is 0 Å². The number of halogens is 1. The molecule has 1 N–H and O–H groups in total. The largest absolute Gasteiger partial charge is 0.391 e. The maximum atomic E-state index is 10.2. The van der Waals surface area contributed by atoms with Crippen LogP contribution in [0, 0.1) is 13.8 Å². The predicted molar refractivity (Wildman–Crippen MR) is 77.6 cm³/mol. The van der Waals surface area contributed by atoms with Crippen molar-refractivity contribution in [3.05, 3.63) is 28.3 Å². The van der Waals surface area contributed by atoms with Gasteiger partial charge in [-0.1, -0.05) is 17.7 Å². The molecular weight excluding hydrogens is 246 g/mol. The first-order valence-corrected chi connectivity index (χ1v) is 6.94. The average molecular weight is 268 g/mol. The Kier molecular flexibility index (Phi) is 3.61. The number of hydrogen-bond acceptors (Lipinski definition) is 2. The van der Waals surface area contributed by atoms with Crippen molar-refractivity contribution in [3.63, 3.8) is 0 Å². The quantitative estimate of drug-likeness (QED) is 0.839. The van der Waals surface area contributed by atoms with Gasteiger partial charge in [0.2, 0.25) is 0 Å². The molecule has 18 heavy (non-hydrogen) atoms. The minimum Gasteiger partial charge on any atom is -0.391 e. The first-order chi connectivity index (χ1) is 8.34. The lowest BCUT2D eigenvalue weighted by Gasteiger charge is -2.48. The topological polar surface area (TPSA) is 23.5 Å². The Bertz CT molecular complexity index is 433. The third-order valence-corrected chi connectivity index (χ3v) is 4.33. The van der Waals surface area contributed by atoms with E-state index >= 15 is 0 Å². The zero-order valence-corrected chi connectivity index (χ0v) is 12.4. The Hall–Kier alpha value is -0.730. The second kappa shape index (κ2) is 4.75. The molecule has 1 fully saturated rings. The van der Waals surface area contributed by atoms with Crippen LogP contribution in [-0.4, -0.2) is 23.3 Å².